The third-order valence-electron chi connectivity index (χ3n) is 2.78. The number of nitrogens with two attached hydrogens (primary N) is 1. The Kier molecular flexibility index (Phi) is 6.36. The number of hydrogen-bond donors (Lipinski definition) is 2. The highest BCUT2D eigenvalue weighted by atomic mass is 32.2. The number of carbonyl (C=O) groups is 1. The summed E-state index contributed by atoms with van der Waals surface area (Å²) in [5, 5.41) is -0.500. The van der Waals surface area contributed by atoms with Crippen LogP contribution in [-0.2, 0) is 19.5 Å². The van der Waals surface area contributed by atoms with Gasteiger partial charge in [-0.3, -0.25) is 9.69 Å². The molecule has 18 heavy (non-hydrogen) atoms. The summed E-state index contributed by atoms with van der Waals surface area (Å²) in [5.74, 6) is 5.90. The van der Waals surface area contributed by atoms with Crippen molar-refractivity contribution < 1.29 is 18.0 Å². The van der Waals surface area contributed by atoms with Crippen LogP contribution in [-0.4, -0.2) is 55.0 Å². The summed E-state index contributed by atoms with van der Waals surface area (Å²) in [6, 6.07) is 0. The number of rotatable bonds is 6. The molecule has 1 unspecified atom stereocenters. The van der Waals surface area contributed by atoms with Crippen LogP contribution in [0.2, 0.25) is 0 Å². The highest BCUT2D eigenvalue weighted by Gasteiger charge is 2.32. The molecule has 1 fully saturated rings. The quantitative estimate of drug-likeness (QED) is 0.481. The monoisotopic (exact) mass is 297 g/mol. The Hall–Kier alpha value is -0.350. The van der Waals surface area contributed by atoms with E-state index in [1.54, 1.807) is 18.7 Å². The Morgan fingerprint density at radius 1 is 1.61 bits per heavy atom. The topological polar surface area (TPSA) is 102 Å². The first-order valence-corrected chi connectivity index (χ1v) is 8.57. The van der Waals surface area contributed by atoms with Gasteiger partial charge in [0.25, 0.3) is 0 Å². The lowest BCUT2D eigenvalue weighted by Crippen LogP contribution is -2.48. The lowest BCUT2D eigenvalue weighted by molar-refractivity contribution is -0.151. The van der Waals surface area contributed by atoms with E-state index in [0.29, 0.717) is 18.8 Å². The van der Waals surface area contributed by atoms with Gasteiger partial charge < -0.3 is 4.84 Å². The van der Waals surface area contributed by atoms with E-state index in [-0.39, 0.29) is 12.2 Å². The maximum Gasteiger partial charge on any atom is 0.327 e. The van der Waals surface area contributed by atoms with Crippen LogP contribution in [0, 0.1) is 0 Å². The van der Waals surface area contributed by atoms with Gasteiger partial charge in [-0.15, -0.1) is 0 Å². The van der Waals surface area contributed by atoms with Gasteiger partial charge >= 0.3 is 5.97 Å². The number of thioether (sulfide) groups is 1. The second-order valence-electron chi connectivity index (χ2n) is 3.86. The van der Waals surface area contributed by atoms with Gasteiger partial charge in [0.2, 0.25) is 0 Å². The lowest BCUT2D eigenvalue weighted by Gasteiger charge is -2.34. The van der Waals surface area contributed by atoms with Crippen molar-refractivity contribution in [1.29, 1.82) is 0 Å². The van der Waals surface area contributed by atoms with Crippen molar-refractivity contribution in [3.8, 4) is 0 Å². The molecule has 1 aliphatic heterocycles. The first-order chi connectivity index (χ1) is 8.51. The van der Waals surface area contributed by atoms with Crippen LogP contribution < -0.4 is 11.4 Å². The Morgan fingerprint density at radius 3 is 2.94 bits per heavy atom. The van der Waals surface area contributed by atoms with Crippen molar-refractivity contribution in [2.24, 2.45) is 5.84 Å². The van der Waals surface area contributed by atoms with Gasteiger partial charge in [0, 0.05) is 30.3 Å². The van der Waals surface area contributed by atoms with Gasteiger partial charge in [0.15, 0.2) is 9.84 Å². The van der Waals surface area contributed by atoms with E-state index >= 15 is 0 Å². The summed E-state index contributed by atoms with van der Waals surface area (Å²) >= 11 is 1.62. The lowest BCUT2D eigenvalue weighted by atomic mass is 10.3. The molecule has 0 aromatic rings. The molecule has 1 heterocycles. The maximum atomic E-state index is 11.9. The number of sulfone groups is 1. The second kappa shape index (κ2) is 7.29. The van der Waals surface area contributed by atoms with Gasteiger partial charge in [-0.2, -0.15) is 11.8 Å². The standard InChI is InChI=1S/C9H19N3O4S2/c1-2-18(14,15)8-7-17-6-5-12(8)4-3-9(13)16-11-10/h8,11H,2-7,10H2,1H3. The molecule has 1 atom stereocenters. The summed E-state index contributed by atoms with van der Waals surface area (Å²) in [5.41, 5.74) is 1.82. The van der Waals surface area contributed by atoms with Gasteiger partial charge in [-0.05, 0) is 0 Å². The third kappa shape index (κ3) is 4.39. The molecule has 1 aliphatic rings. The molecule has 0 saturated carbocycles. The number of carbonyl (C=O) groups excluding carboxylic acids is 1. The van der Waals surface area contributed by atoms with Crippen molar-refractivity contribution in [3.05, 3.63) is 0 Å². The molecule has 106 valence electrons. The predicted molar refractivity (Wildman–Crippen MR) is 70.2 cm³/mol. The number of nitrogens with one attached hydrogen (secondary N) is 1. The molecule has 9 heteroatoms. The van der Waals surface area contributed by atoms with E-state index in [0.717, 1.165) is 5.75 Å². The normalized spacial score (nSPS) is 21.8. The zero-order chi connectivity index (χ0) is 13.6. The average Bonchev–Trinajstić information content (AvgIpc) is 2.37. The van der Waals surface area contributed by atoms with Crippen LogP contribution in [0.25, 0.3) is 0 Å². The van der Waals surface area contributed by atoms with E-state index in [1.165, 1.54) is 0 Å². The van der Waals surface area contributed by atoms with Crippen LogP contribution in [0.1, 0.15) is 13.3 Å². The fourth-order valence-electron chi connectivity index (χ4n) is 1.75. The van der Waals surface area contributed by atoms with E-state index in [2.05, 4.69) is 4.84 Å². The Labute approximate surface area is 111 Å². The SMILES string of the molecule is CCS(=O)(=O)C1CSCCN1CCC(=O)ONN. The van der Waals surface area contributed by atoms with Crippen molar-refractivity contribution in [3.63, 3.8) is 0 Å². The van der Waals surface area contributed by atoms with Gasteiger partial charge in [0.05, 0.1) is 6.42 Å². The van der Waals surface area contributed by atoms with Crippen LogP contribution >= 0.6 is 11.8 Å². The molecular weight excluding hydrogens is 278 g/mol. The van der Waals surface area contributed by atoms with Crippen molar-refractivity contribution in [1.82, 2.24) is 10.5 Å². The first-order valence-electron chi connectivity index (χ1n) is 5.70. The summed E-state index contributed by atoms with van der Waals surface area (Å²) < 4.78 is 23.9. The minimum absolute atomic E-state index is 0.115. The van der Waals surface area contributed by atoms with E-state index in [1.807, 2.05) is 10.5 Å². The summed E-state index contributed by atoms with van der Waals surface area (Å²) in [6.45, 7) is 2.67. The van der Waals surface area contributed by atoms with Gasteiger partial charge in [-0.25, -0.2) is 14.3 Å². The zero-order valence-electron chi connectivity index (χ0n) is 10.3. The number of hydrazine groups is 1. The Morgan fingerprint density at radius 2 is 2.33 bits per heavy atom. The molecule has 0 spiro atoms. The van der Waals surface area contributed by atoms with Crippen molar-refractivity contribution in [2.75, 3.05) is 30.3 Å². The van der Waals surface area contributed by atoms with E-state index < -0.39 is 21.2 Å². The molecule has 0 aliphatic carbocycles. The molecule has 7 nitrogen and oxygen atoms in total. The average molecular weight is 297 g/mol. The van der Waals surface area contributed by atoms with Crippen LogP contribution in [0.3, 0.4) is 0 Å². The fraction of sp³-hybridized carbons (Fsp3) is 0.889. The fourth-order valence-corrected chi connectivity index (χ4v) is 4.86. The third-order valence-corrected chi connectivity index (χ3v) is 6.12. The first kappa shape index (κ1) is 15.7. The smallest absolute Gasteiger partial charge is 0.327 e. The minimum atomic E-state index is -3.12. The molecule has 1 rings (SSSR count). The summed E-state index contributed by atoms with van der Waals surface area (Å²) in [4.78, 5) is 17.4. The Bertz CT molecular complexity index is 374. The summed E-state index contributed by atoms with van der Waals surface area (Å²) in [6.07, 6.45) is 0.116. The van der Waals surface area contributed by atoms with E-state index in [4.69, 9.17) is 5.84 Å². The molecule has 0 radical (unpaired) electrons. The Balaban J connectivity index is 2.58. The molecule has 3 N–H and O–H groups in total. The molecule has 0 aromatic heterocycles. The molecule has 0 aromatic carbocycles. The number of nitrogens with zero attached hydrogens (tertiary/aromatic N) is 1. The zero-order valence-corrected chi connectivity index (χ0v) is 11.9. The second-order valence-corrected chi connectivity index (χ2v) is 7.46. The highest BCUT2D eigenvalue weighted by molar-refractivity contribution is 8.01. The number of hydrogen-bond acceptors (Lipinski definition) is 8. The highest BCUT2D eigenvalue weighted by Crippen LogP contribution is 2.21. The molecule has 0 bridgehead atoms. The van der Waals surface area contributed by atoms with Crippen molar-refractivity contribution >= 4 is 27.6 Å². The minimum Gasteiger partial charge on any atom is -0.356 e. The molecule has 0 amide bonds. The van der Waals surface area contributed by atoms with Crippen molar-refractivity contribution in [2.45, 2.75) is 18.7 Å². The van der Waals surface area contributed by atoms with Gasteiger partial charge in [0.1, 0.15) is 5.37 Å². The molecular formula is C9H19N3O4S2. The summed E-state index contributed by atoms with van der Waals surface area (Å²) in [7, 11) is -3.12. The predicted octanol–water partition coefficient (Wildman–Crippen LogP) is -0.892. The van der Waals surface area contributed by atoms with E-state index in [9.17, 15) is 13.2 Å². The maximum absolute atomic E-state index is 11.9. The van der Waals surface area contributed by atoms with Crippen LogP contribution in [0.5, 0.6) is 0 Å². The van der Waals surface area contributed by atoms with Crippen LogP contribution in [0.4, 0.5) is 0 Å². The molecule has 1 saturated heterocycles. The van der Waals surface area contributed by atoms with Gasteiger partial charge in [-0.1, -0.05) is 12.5 Å². The largest absolute Gasteiger partial charge is 0.356 e. The van der Waals surface area contributed by atoms with Crippen LogP contribution in [0.15, 0.2) is 0 Å².